The summed E-state index contributed by atoms with van der Waals surface area (Å²) in [6.07, 6.45) is 5.26. The van der Waals surface area contributed by atoms with Crippen LogP contribution in [0.15, 0.2) is 0 Å². The van der Waals surface area contributed by atoms with Gasteiger partial charge in [0.1, 0.15) is 6.04 Å². The maximum Gasteiger partial charge on any atom is 0.242 e. The highest BCUT2D eigenvalue weighted by atomic mass is 16.2. The first-order valence-corrected chi connectivity index (χ1v) is 8.33. The molecule has 2 fully saturated rings. The highest BCUT2D eigenvalue weighted by Gasteiger charge is 2.29. The van der Waals surface area contributed by atoms with Crippen molar-refractivity contribution in [2.45, 2.75) is 71.0 Å². The summed E-state index contributed by atoms with van der Waals surface area (Å²) in [5, 5.41) is 2.99. The minimum absolute atomic E-state index is 0.0254. The Balaban J connectivity index is 1.74. The van der Waals surface area contributed by atoms with Crippen LogP contribution in [-0.4, -0.2) is 59.4 Å². The van der Waals surface area contributed by atoms with Crippen molar-refractivity contribution in [1.29, 1.82) is 0 Å². The molecule has 0 aromatic rings. The van der Waals surface area contributed by atoms with Crippen LogP contribution in [0.5, 0.6) is 0 Å². The quantitative estimate of drug-likeness (QED) is 0.833. The smallest absolute Gasteiger partial charge is 0.242 e. The Hall–Kier alpha value is -1.10. The molecule has 0 aromatic heterocycles. The second-order valence-corrected chi connectivity index (χ2v) is 6.52. The molecule has 0 aromatic carbocycles. The standard InChI is InChI=1S/C16H29N3O2/c1-12-6-4-7-13(2)18(12)11-9-17-16(21)14(3)19-10-5-8-15(19)20/h12-14H,4-11H2,1-3H3,(H,17,21). The molecule has 0 aliphatic carbocycles. The number of piperidine rings is 1. The third-order valence-electron chi connectivity index (χ3n) is 5.00. The molecule has 2 saturated heterocycles. The number of nitrogens with zero attached hydrogens (tertiary/aromatic N) is 2. The maximum absolute atomic E-state index is 12.2. The number of hydrogen-bond acceptors (Lipinski definition) is 3. The van der Waals surface area contributed by atoms with Crippen LogP contribution in [0.4, 0.5) is 0 Å². The molecule has 120 valence electrons. The zero-order valence-electron chi connectivity index (χ0n) is 13.6. The molecular weight excluding hydrogens is 266 g/mol. The Bertz CT molecular complexity index is 376. The molecular formula is C16H29N3O2. The lowest BCUT2D eigenvalue weighted by molar-refractivity contribution is -0.136. The van der Waals surface area contributed by atoms with Crippen LogP contribution in [0, 0.1) is 0 Å². The van der Waals surface area contributed by atoms with Gasteiger partial charge in [-0.3, -0.25) is 14.5 Å². The summed E-state index contributed by atoms with van der Waals surface area (Å²) < 4.78 is 0. The highest BCUT2D eigenvalue weighted by Crippen LogP contribution is 2.21. The summed E-state index contributed by atoms with van der Waals surface area (Å²) in [6, 6.07) is 0.864. The van der Waals surface area contributed by atoms with Crippen molar-refractivity contribution < 1.29 is 9.59 Å². The number of nitrogens with one attached hydrogen (secondary N) is 1. The second kappa shape index (κ2) is 7.25. The van der Waals surface area contributed by atoms with Crippen LogP contribution in [0.3, 0.4) is 0 Å². The number of carbonyl (C=O) groups is 2. The van der Waals surface area contributed by atoms with E-state index in [4.69, 9.17) is 0 Å². The third-order valence-corrected chi connectivity index (χ3v) is 5.00. The Morgan fingerprint density at radius 3 is 2.52 bits per heavy atom. The predicted octanol–water partition coefficient (Wildman–Crippen LogP) is 1.38. The molecule has 3 atom stereocenters. The van der Waals surface area contributed by atoms with Crippen molar-refractivity contribution in [3.8, 4) is 0 Å². The molecule has 0 radical (unpaired) electrons. The molecule has 1 N–H and O–H groups in total. The first-order valence-electron chi connectivity index (χ1n) is 8.33. The molecule has 0 saturated carbocycles. The average Bonchev–Trinajstić information content (AvgIpc) is 2.87. The van der Waals surface area contributed by atoms with Gasteiger partial charge in [0.2, 0.25) is 11.8 Å². The predicted molar refractivity (Wildman–Crippen MR) is 82.9 cm³/mol. The van der Waals surface area contributed by atoms with E-state index in [0.717, 1.165) is 13.0 Å². The van der Waals surface area contributed by atoms with E-state index >= 15 is 0 Å². The van der Waals surface area contributed by atoms with Gasteiger partial charge in [0.15, 0.2) is 0 Å². The molecule has 2 heterocycles. The van der Waals surface area contributed by atoms with Crippen LogP contribution in [0.25, 0.3) is 0 Å². The fourth-order valence-corrected chi connectivity index (χ4v) is 3.59. The molecule has 5 heteroatoms. The summed E-state index contributed by atoms with van der Waals surface area (Å²) in [5.41, 5.74) is 0. The number of hydrogen-bond donors (Lipinski definition) is 1. The summed E-state index contributed by atoms with van der Waals surface area (Å²) in [6.45, 7) is 8.64. The van der Waals surface area contributed by atoms with Gasteiger partial charge in [-0.05, 0) is 40.0 Å². The Morgan fingerprint density at radius 1 is 1.29 bits per heavy atom. The molecule has 5 nitrogen and oxygen atoms in total. The van der Waals surface area contributed by atoms with E-state index < -0.39 is 0 Å². The van der Waals surface area contributed by atoms with Gasteiger partial charge >= 0.3 is 0 Å². The van der Waals surface area contributed by atoms with Crippen LogP contribution >= 0.6 is 0 Å². The third kappa shape index (κ3) is 3.96. The molecule has 3 unspecified atom stereocenters. The molecule has 2 aliphatic heterocycles. The monoisotopic (exact) mass is 295 g/mol. The lowest BCUT2D eigenvalue weighted by atomic mass is 9.98. The van der Waals surface area contributed by atoms with Crippen LogP contribution in [0.2, 0.25) is 0 Å². The number of rotatable bonds is 5. The van der Waals surface area contributed by atoms with E-state index in [1.165, 1.54) is 19.3 Å². The van der Waals surface area contributed by atoms with Gasteiger partial charge in [-0.1, -0.05) is 6.42 Å². The van der Waals surface area contributed by atoms with Gasteiger partial charge in [0.25, 0.3) is 0 Å². The first-order chi connectivity index (χ1) is 10.0. The Kier molecular flexibility index (Phi) is 5.62. The summed E-state index contributed by atoms with van der Waals surface area (Å²) in [5.74, 6) is 0.0819. The topological polar surface area (TPSA) is 52.7 Å². The Labute approximate surface area is 128 Å². The lowest BCUT2D eigenvalue weighted by Gasteiger charge is -2.39. The van der Waals surface area contributed by atoms with E-state index in [2.05, 4.69) is 24.1 Å². The minimum atomic E-state index is -0.337. The highest BCUT2D eigenvalue weighted by molar-refractivity contribution is 5.88. The van der Waals surface area contributed by atoms with Gasteiger partial charge in [-0.25, -0.2) is 0 Å². The van der Waals surface area contributed by atoms with Crippen LogP contribution in [0.1, 0.15) is 52.9 Å². The van der Waals surface area contributed by atoms with E-state index in [9.17, 15) is 9.59 Å². The summed E-state index contributed by atoms with van der Waals surface area (Å²) >= 11 is 0. The fourth-order valence-electron chi connectivity index (χ4n) is 3.59. The van der Waals surface area contributed by atoms with Gasteiger partial charge in [-0.2, -0.15) is 0 Å². The molecule has 2 rings (SSSR count). The minimum Gasteiger partial charge on any atom is -0.353 e. The lowest BCUT2D eigenvalue weighted by Crippen LogP contribution is -2.50. The number of amides is 2. The maximum atomic E-state index is 12.2. The van der Waals surface area contributed by atoms with Crippen molar-refractivity contribution in [2.24, 2.45) is 0 Å². The fraction of sp³-hybridized carbons (Fsp3) is 0.875. The van der Waals surface area contributed by atoms with E-state index in [1.54, 1.807) is 4.90 Å². The van der Waals surface area contributed by atoms with E-state index in [1.807, 2.05) is 6.92 Å². The van der Waals surface area contributed by atoms with Crippen molar-refractivity contribution in [2.75, 3.05) is 19.6 Å². The average molecular weight is 295 g/mol. The molecule has 21 heavy (non-hydrogen) atoms. The van der Waals surface area contributed by atoms with Crippen LogP contribution < -0.4 is 5.32 Å². The van der Waals surface area contributed by atoms with Crippen molar-refractivity contribution >= 4 is 11.8 Å². The normalized spacial score (nSPS) is 28.7. The SMILES string of the molecule is CC(C(=O)NCCN1C(C)CCCC1C)N1CCCC1=O. The van der Waals surface area contributed by atoms with Gasteiger partial charge in [0, 0.05) is 38.1 Å². The van der Waals surface area contributed by atoms with Crippen molar-refractivity contribution in [1.82, 2.24) is 15.1 Å². The number of likely N-dealkylation sites (tertiary alicyclic amines) is 2. The molecule has 2 aliphatic rings. The van der Waals surface area contributed by atoms with Crippen molar-refractivity contribution in [3.05, 3.63) is 0 Å². The van der Waals surface area contributed by atoms with Gasteiger partial charge in [-0.15, -0.1) is 0 Å². The number of carbonyl (C=O) groups excluding carboxylic acids is 2. The molecule has 0 spiro atoms. The molecule has 2 amide bonds. The summed E-state index contributed by atoms with van der Waals surface area (Å²) in [4.78, 5) is 28.0. The first kappa shape index (κ1) is 16.3. The Morgan fingerprint density at radius 2 is 1.95 bits per heavy atom. The van der Waals surface area contributed by atoms with E-state index in [0.29, 0.717) is 31.6 Å². The molecule has 0 bridgehead atoms. The van der Waals surface area contributed by atoms with Gasteiger partial charge in [0.05, 0.1) is 0 Å². The van der Waals surface area contributed by atoms with E-state index in [-0.39, 0.29) is 17.9 Å². The van der Waals surface area contributed by atoms with Gasteiger partial charge < -0.3 is 10.2 Å². The second-order valence-electron chi connectivity index (χ2n) is 6.52. The van der Waals surface area contributed by atoms with Crippen LogP contribution in [-0.2, 0) is 9.59 Å². The largest absolute Gasteiger partial charge is 0.353 e. The zero-order chi connectivity index (χ0) is 15.4. The zero-order valence-corrected chi connectivity index (χ0v) is 13.6. The summed E-state index contributed by atoms with van der Waals surface area (Å²) in [7, 11) is 0. The van der Waals surface area contributed by atoms with Crippen molar-refractivity contribution in [3.63, 3.8) is 0 Å².